The lowest BCUT2D eigenvalue weighted by molar-refractivity contribution is -0.148. The third kappa shape index (κ3) is 2.92. The number of fused-ring (bicyclic) bond motifs is 1. The lowest BCUT2D eigenvalue weighted by Crippen LogP contribution is -2.34. The summed E-state index contributed by atoms with van der Waals surface area (Å²) >= 11 is 1.32. The first-order valence-corrected chi connectivity index (χ1v) is 6.50. The molecule has 9 heteroatoms. The molecule has 110 valence electrons. The van der Waals surface area contributed by atoms with Crippen molar-refractivity contribution in [3.05, 3.63) is 10.9 Å². The Kier molecular flexibility index (Phi) is 3.98. The highest BCUT2D eigenvalue weighted by Gasteiger charge is 2.42. The number of nitrogen functional groups attached to an aromatic ring is 1. The van der Waals surface area contributed by atoms with E-state index in [0.717, 1.165) is 4.88 Å². The van der Waals surface area contributed by atoms with Crippen molar-refractivity contribution in [2.24, 2.45) is 0 Å². The van der Waals surface area contributed by atoms with Crippen molar-refractivity contribution >= 4 is 27.5 Å². The second-order valence-corrected chi connectivity index (χ2v) is 5.14. The molecule has 0 aliphatic carbocycles. The highest BCUT2D eigenvalue weighted by Crippen LogP contribution is 2.32. The summed E-state index contributed by atoms with van der Waals surface area (Å²) in [6, 6.07) is 1.68. The van der Waals surface area contributed by atoms with Crippen LogP contribution >= 0.6 is 11.3 Å². The average molecular weight is 309 g/mol. The maximum Gasteiger partial charge on any atom is 0.340 e. The molecule has 2 heterocycles. The van der Waals surface area contributed by atoms with E-state index < -0.39 is 19.0 Å². The van der Waals surface area contributed by atoms with E-state index in [1.165, 1.54) is 11.3 Å². The van der Waals surface area contributed by atoms with Crippen LogP contribution in [0.4, 0.5) is 23.5 Å². The van der Waals surface area contributed by atoms with E-state index in [9.17, 15) is 17.6 Å². The minimum atomic E-state index is -4.24. The predicted molar refractivity (Wildman–Crippen MR) is 67.7 cm³/mol. The quantitative estimate of drug-likeness (QED) is 0.862. The fraction of sp³-hybridized carbons (Fsp3) is 0.455. The number of ether oxygens (including phenoxy) is 1. The number of hydrogen-bond acceptors (Lipinski definition) is 5. The van der Waals surface area contributed by atoms with Gasteiger partial charge in [0.15, 0.2) is 6.61 Å². The topological polar surface area (TPSA) is 61.0 Å². The maximum atomic E-state index is 12.9. The van der Waals surface area contributed by atoms with Crippen LogP contribution in [0.2, 0.25) is 0 Å². The molecule has 0 aliphatic heterocycles. The van der Waals surface area contributed by atoms with Crippen LogP contribution in [0.5, 0.6) is 5.88 Å². The van der Waals surface area contributed by atoms with Crippen LogP contribution in [-0.4, -0.2) is 28.9 Å². The molecule has 4 nitrogen and oxygen atoms in total. The molecule has 2 aromatic heterocycles. The van der Waals surface area contributed by atoms with Gasteiger partial charge in [-0.1, -0.05) is 6.92 Å². The fourth-order valence-electron chi connectivity index (χ4n) is 1.47. The standard InChI is InChI=1S/C11H11F4N3OS/c1-2-5-3-6-7(17-10(16)18-8(6)20-5)19-4-11(14,15)9(12)13/h3,9H,2,4H2,1H3,(H2,16,17,18). The van der Waals surface area contributed by atoms with Crippen LogP contribution in [0.15, 0.2) is 6.07 Å². The van der Waals surface area contributed by atoms with Gasteiger partial charge in [-0.05, 0) is 12.5 Å². The smallest absolute Gasteiger partial charge is 0.340 e. The average Bonchev–Trinajstić information content (AvgIpc) is 2.78. The van der Waals surface area contributed by atoms with Crippen molar-refractivity contribution in [2.45, 2.75) is 25.7 Å². The highest BCUT2D eigenvalue weighted by molar-refractivity contribution is 7.18. The molecule has 0 aromatic carbocycles. The van der Waals surface area contributed by atoms with Gasteiger partial charge in [0, 0.05) is 4.88 Å². The van der Waals surface area contributed by atoms with E-state index in [0.29, 0.717) is 16.6 Å². The van der Waals surface area contributed by atoms with Crippen molar-refractivity contribution < 1.29 is 22.3 Å². The Labute approximate surface area is 115 Å². The van der Waals surface area contributed by atoms with E-state index in [2.05, 4.69) is 9.97 Å². The number of rotatable bonds is 5. The number of hydrogen-bond donors (Lipinski definition) is 1. The summed E-state index contributed by atoms with van der Waals surface area (Å²) in [5.74, 6) is -4.60. The molecule has 0 fully saturated rings. The predicted octanol–water partition coefficient (Wildman–Crippen LogP) is 3.12. The first-order chi connectivity index (χ1) is 9.33. The second-order valence-electron chi connectivity index (χ2n) is 4.02. The number of alkyl halides is 4. The van der Waals surface area contributed by atoms with Gasteiger partial charge < -0.3 is 10.5 Å². The van der Waals surface area contributed by atoms with Gasteiger partial charge in [-0.25, -0.2) is 13.8 Å². The highest BCUT2D eigenvalue weighted by atomic mass is 32.1. The summed E-state index contributed by atoms with van der Waals surface area (Å²) in [7, 11) is 0. The summed E-state index contributed by atoms with van der Waals surface area (Å²) in [6.07, 6.45) is -3.08. The Bertz CT molecular complexity index is 617. The molecule has 20 heavy (non-hydrogen) atoms. The van der Waals surface area contributed by atoms with E-state index in [1.807, 2.05) is 6.92 Å². The molecule has 0 radical (unpaired) electrons. The van der Waals surface area contributed by atoms with Crippen LogP contribution in [0, 0.1) is 0 Å². The van der Waals surface area contributed by atoms with Crippen molar-refractivity contribution in [1.29, 1.82) is 0 Å². The summed E-state index contributed by atoms with van der Waals surface area (Å²) in [5, 5.41) is 0.395. The Morgan fingerprint density at radius 3 is 2.70 bits per heavy atom. The summed E-state index contributed by atoms with van der Waals surface area (Å²) in [6.45, 7) is 0.445. The first kappa shape index (κ1) is 14.8. The van der Waals surface area contributed by atoms with Crippen LogP contribution in [0.25, 0.3) is 10.2 Å². The third-order valence-electron chi connectivity index (χ3n) is 2.50. The Hall–Kier alpha value is -1.64. The molecule has 0 saturated carbocycles. The van der Waals surface area contributed by atoms with Gasteiger partial charge in [0.1, 0.15) is 4.83 Å². The molecule has 0 spiro atoms. The van der Waals surface area contributed by atoms with E-state index in [-0.39, 0.29) is 11.8 Å². The number of aromatic nitrogens is 2. The molecule has 0 bridgehead atoms. The lowest BCUT2D eigenvalue weighted by Gasteiger charge is -2.15. The molecular weight excluding hydrogens is 298 g/mol. The summed E-state index contributed by atoms with van der Waals surface area (Å²) < 4.78 is 54.6. The molecule has 0 atom stereocenters. The third-order valence-corrected chi connectivity index (χ3v) is 3.67. The molecule has 2 aromatic rings. The van der Waals surface area contributed by atoms with E-state index >= 15 is 0 Å². The zero-order valence-corrected chi connectivity index (χ0v) is 11.2. The fourth-order valence-corrected chi connectivity index (χ4v) is 2.44. The molecular formula is C11H11F4N3OS. The molecule has 2 N–H and O–H groups in total. The van der Waals surface area contributed by atoms with E-state index in [4.69, 9.17) is 10.5 Å². The number of nitrogens with two attached hydrogens (primary N) is 1. The zero-order valence-electron chi connectivity index (χ0n) is 10.4. The molecule has 0 unspecified atom stereocenters. The van der Waals surface area contributed by atoms with Crippen LogP contribution in [0.1, 0.15) is 11.8 Å². The lowest BCUT2D eigenvalue weighted by atomic mass is 10.3. The van der Waals surface area contributed by atoms with Crippen molar-refractivity contribution in [3.8, 4) is 5.88 Å². The first-order valence-electron chi connectivity index (χ1n) is 5.68. The second kappa shape index (κ2) is 5.39. The van der Waals surface area contributed by atoms with Crippen LogP contribution in [0.3, 0.4) is 0 Å². The normalized spacial score (nSPS) is 12.3. The molecule has 2 rings (SSSR count). The van der Waals surface area contributed by atoms with Crippen LogP contribution < -0.4 is 10.5 Å². The van der Waals surface area contributed by atoms with Gasteiger partial charge >= 0.3 is 12.3 Å². The van der Waals surface area contributed by atoms with Crippen molar-refractivity contribution in [2.75, 3.05) is 12.3 Å². The maximum absolute atomic E-state index is 12.9. The van der Waals surface area contributed by atoms with Gasteiger partial charge in [-0.2, -0.15) is 13.8 Å². The number of thiophene rings is 1. The van der Waals surface area contributed by atoms with Crippen molar-refractivity contribution in [3.63, 3.8) is 0 Å². The van der Waals surface area contributed by atoms with Gasteiger partial charge in [-0.15, -0.1) is 11.3 Å². The Morgan fingerprint density at radius 2 is 2.10 bits per heavy atom. The van der Waals surface area contributed by atoms with Crippen LogP contribution in [-0.2, 0) is 6.42 Å². The largest absolute Gasteiger partial charge is 0.470 e. The van der Waals surface area contributed by atoms with E-state index in [1.54, 1.807) is 6.07 Å². The minimum absolute atomic E-state index is 0.155. The van der Waals surface area contributed by atoms with Crippen molar-refractivity contribution in [1.82, 2.24) is 9.97 Å². The molecule has 0 aliphatic rings. The number of anilines is 1. The van der Waals surface area contributed by atoms with Gasteiger partial charge in [0.25, 0.3) is 0 Å². The number of nitrogens with zero attached hydrogens (tertiary/aromatic N) is 2. The Morgan fingerprint density at radius 1 is 1.40 bits per heavy atom. The number of aryl methyl sites for hydroxylation is 1. The van der Waals surface area contributed by atoms with Gasteiger partial charge in [0.05, 0.1) is 5.39 Å². The Balaban J connectivity index is 2.31. The molecule has 0 amide bonds. The summed E-state index contributed by atoms with van der Waals surface area (Å²) in [4.78, 5) is 9.05. The van der Waals surface area contributed by atoms with Gasteiger partial charge in [0.2, 0.25) is 11.8 Å². The SMILES string of the molecule is CCc1cc2c(OCC(F)(F)C(F)F)nc(N)nc2s1. The summed E-state index contributed by atoms with van der Waals surface area (Å²) in [5.41, 5.74) is 5.44. The van der Waals surface area contributed by atoms with Gasteiger partial charge in [-0.3, -0.25) is 0 Å². The zero-order chi connectivity index (χ0) is 14.9. The number of halogens is 4. The monoisotopic (exact) mass is 309 g/mol. The minimum Gasteiger partial charge on any atom is -0.470 e. The molecule has 0 saturated heterocycles.